The van der Waals surface area contributed by atoms with Gasteiger partial charge in [0, 0.05) is 25.9 Å². The van der Waals surface area contributed by atoms with E-state index in [4.69, 9.17) is 4.42 Å². The molecule has 1 fully saturated rings. The van der Waals surface area contributed by atoms with Crippen molar-refractivity contribution in [2.75, 3.05) is 6.54 Å². The third kappa shape index (κ3) is 2.64. The standard InChI is InChI=1S/C15H18BrN3O2/c1-10-11(9-14(16)21-10)15(20)19-8-4-3-5-13(19)12-6-7-17-18(12)2/h6-7,9,13H,3-5,8H2,1-2H3. The average Bonchev–Trinajstić information content (AvgIpc) is 3.03. The third-order valence-electron chi connectivity index (χ3n) is 4.08. The van der Waals surface area contributed by atoms with Gasteiger partial charge in [-0.25, -0.2) is 0 Å². The Morgan fingerprint density at radius 3 is 2.90 bits per heavy atom. The van der Waals surface area contributed by atoms with Crippen molar-refractivity contribution in [3.05, 3.63) is 40.0 Å². The van der Waals surface area contributed by atoms with Crippen LogP contribution >= 0.6 is 15.9 Å². The maximum absolute atomic E-state index is 12.9. The van der Waals surface area contributed by atoms with Crippen molar-refractivity contribution < 1.29 is 9.21 Å². The highest BCUT2D eigenvalue weighted by Crippen LogP contribution is 2.33. The van der Waals surface area contributed by atoms with E-state index in [-0.39, 0.29) is 11.9 Å². The molecule has 1 aliphatic rings. The van der Waals surface area contributed by atoms with Crippen LogP contribution in [-0.4, -0.2) is 27.1 Å². The van der Waals surface area contributed by atoms with Crippen LogP contribution in [0.5, 0.6) is 0 Å². The predicted molar refractivity (Wildman–Crippen MR) is 82.0 cm³/mol. The zero-order valence-corrected chi connectivity index (χ0v) is 13.8. The summed E-state index contributed by atoms with van der Waals surface area (Å²) >= 11 is 3.29. The van der Waals surface area contributed by atoms with Gasteiger partial charge >= 0.3 is 0 Å². The van der Waals surface area contributed by atoms with Gasteiger partial charge in [0.05, 0.1) is 17.3 Å². The summed E-state index contributed by atoms with van der Waals surface area (Å²) in [5.74, 6) is 0.689. The number of aryl methyl sites for hydroxylation is 2. The monoisotopic (exact) mass is 351 g/mol. The lowest BCUT2D eigenvalue weighted by atomic mass is 9.98. The molecule has 1 saturated heterocycles. The van der Waals surface area contributed by atoms with Crippen LogP contribution in [0.3, 0.4) is 0 Å². The minimum atomic E-state index is 0.0350. The van der Waals surface area contributed by atoms with Crippen molar-refractivity contribution in [3.8, 4) is 0 Å². The quantitative estimate of drug-likeness (QED) is 0.832. The van der Waals surface area contributed by atoms with Crippen LogP contribution in [0.25, 0.3) is 0 Å². The van der Waals surface area contributed by atoms with Crippen LogP contribution in [-0.2, 0) is 7.05 Å². The van der Waals surface area contributed by atoms with E-state index in [1.165, 1.54) is 0 Å². The second-order valence-electron chi connectivity index (χ2n) is 5.41. The SMILES string of the molecule is Cc1oc(Br)cc1C(=O)N1CCCCC1c1ccnn1C. The highest BCUT2D eigenvalue weighted by Gasteiger charge is 2.31. The number of aromatic nitrogens is 2. The molecule has 1 atom stereocenters. The Balaban J connectivity index is 1.93. The molecule has 0 aliphatic carbocycles. The topological polar surface area (TPSA) is 51.3 Å². The Morgan fingerprint density at radius 1 is 1.48 bits per heavy atom. The van der Waals surface area contributed by atoms with Crippen LogP contribution in [0.2, 0.25) is 0 Å². The van der Waals surface area contributed by atoms with E-state index in [1.807, 2.05) is 29.6 Å². The summed E-state index contributed by atoms with van der Waals surface area (Å²) in [5, 5.41) is 4.23. The summed E-state index contributed by atoms with van der Waals surface area (Å²) < 4.78 is 7.88. The van der Waals surface area contributed by atoms with E-state index >= 15 is 0 Å². The van der Waals surface area contributed by atoms with Crippen LogP contribution in [0, 0.1) is 6.92 Å². The number of likely N-dealkylation sites (tertiary alicyclic amines) is 1. The van der Waals surface area contributed by atoms with Crippen LogP contribution in [0.1, 0.15) is 47.1 Å². The normalized spacial score (nSPS) is 19.0. The van der Waals surface area contributed by atoms with Crippen molar-refractivity contribution in [1.82, 2.24) is 14.7 Å². The minimum absolute atomic E-state index is 0.0350. The van der Waals surface area contributed by atoms with E-state index in [0.717, 1.165) is 31.5 Å². The lowest BCUT2D eigenvalue weighted by Gasteiger charge is -2.35. The number of rotatable bonds is 2. The molecule has 3 heterocycles. The summed E-state index contributed by atoms with van der Waals surface area (Å²) in [7, 11) is 1.92. The van der Waals surface area contributed by atoms with Gasteiger partial charge in [0.15, 0.2) is 4.67 Å². The second kappa shape index (κ2) is 5.67. The van der Waals surface area contributed by atoms with Gasteiger partial charge in [-0.05, 0) is 48.2 Å². The first-order valence-corrected chi connectivity index (χ1v) is 7.92. The smallest absolute Gasteiger partial charge is 0.258 e. The number of carbonyl (C=O) groups excluding carboxylic acids is 1. The first kappa shape index (κ1) is 14.4. The number of carbonyl (C=O) groups is 1. The fraction of sp³-hybridized carbons (Fsp3) is 0.467. The minimum Gasteiger partial charge on any atom is -0.454 e. The number of nitrogens with zero attached hydrogens (tertiary/aromatic N) is 3. The number of piperidine rings is 1. The fourth-order valence-corrected chi connectivity index (χ4v) is 3.48. The number of amides is 1. The Hall–Kier alpha value is -1.56. The van der Waals surface area contributed by atoms with E-state index in [1.54, 1.807) is 12.3 Å². The van der Waals surface area contributed by atoms with Crippen molar-refractivity contribution >= 4 is 21.8 Å². The molecule has 5 nitrogen and oxygen atoms in total. The van der Waals surface area contributed by atoms with Crippen LogP contribution in [0.4, 0.5) is 0 Å². The van der Waals surface area contributed by atoms with Gasteiger partial charge in [-0.2, -0.15) is 5.10 Å². The highest BCUT2D eigenvalue weighted by molar-refractivity contribution is 9.10. The summed E-state index contributed by atoms with van der Waals surface area (Å²) in [6.07, 6.45) is 4.93. The molecular formula is C15H18BrN3O2. The van der Waals surface area contributed by atoms with Crippen molar-refractivity contribution in [2.45, 2.75) is 32.2 Å². The largest absolute Gasteiger partial charge is 0.454 e. The van der Waals surface area contributed by atoms with Crippen molar-refractivity contribution in [2.24, 2.45) is 7.05 Å². The average molecular weight is 352 g/mol. The van der Waals surface area contributed by atoms with E-state index in [9.17, 15) is 4.79 Å². The van der Waals surface area contributed by atoms with Gasteiger partial charge < -0.3 is 9.32 Å². The van der Waals surface area contributed by atoms with Crippen LogP contribution < -0.4 is 0 Å². The molecule has 0 spiro atoms. The first-order valence-electron chi connectivity index (χ1n) is 7.12. The fourth-order valence-electron chi connectivity index (χ4n) is 3.01. The highest BCUT2D eigenvalue weighted by atomic mass is 79.9. The van der Waals surface area contributed by atoms with Gasteiger partial charge in [0.2, 0.25) is 0 Å². The summed E-state index contributed by atoms with van der Waals surface area (Å²) in [6, 6.07) is 3.84. The number of halogens is 1. The molecule has 3 rings (SSSR count). The zero-order valence-electron chi connectivity index (χ0n) is 12.2. The van der Waals surface area contributed by atoms with Crippen LogP contribution in [0.15, 0.2) is 27.4 Å². The summed E-state index contributed by atoms with van der Waals surface area (Å²) in [6.45, 7) is 2.60. The Bertz CT molecular complexity index is 662. The predicted octanol–water partition coefficient (Wildman–Crippen LogP) is 3.45. The van der Waals surface area contributed by atoms with Gasteiger partial charge in [-0.3, -0.25) is 9.48 Å². The zero-order chi connectivity index (χ0) is 15.0. The maximum atomic E-state index is 12.9. The molecule has 21 heavy (non-hydrogen) atoms. The summed E-state index contributed by atoms with van der Waals surface area (Å²) in [4.78, 5) is 14.8. The van der Waals surface area contributed by atoms with Gasteiger partial charge in [-0.1, -0.05) is 0 Å². The Kier molecular flexibility index (Phi) is 3.89. The summed E-state index contributed by atoms with van der Waals surface area (Å²) in [5.41, 5.74) is 1.72. The van der Waals surface area contributed by atoms with Gasteiger partial charge in [0.1, 0.15) is 5.76 Å². The lowest BCUT2D eigenvalue weighted by molar-refractivity contribution is 0.0599. The maximum Gasteiger partial charge on any atom is 0.258 e. The number of hydrogen-bond donors (Lipinski definition) is 0. The third-order valence-corrected chi connectivity index (χ3v) is 4.47. The molecule has 2 aromatic rings. The Labute approximate surface area is 132 Å². The second-order valence-corrected chi connectivity index (χ2v) is 6.19. The first-order chi connectivity index (χ1) is 10.1. The number of furan rings is 1. The number of hydrogen-bond acceptors (Lipinski definition) is 3. The van der Waals surface area contributed by atoms with Crippen molar-refractivity contribution in [3.63, 3.8) is 0 Å². The molecule has 0 radical (unpaired) electrons. The van der Waals surface area contributed by atoms with Gasteiger partial charge in [0.25, 0.3) is 5.91 Å². The molecule has 0 bridgehead atoms. The van der Waals surface area contributed by atoms with E-state index in [2.05, 4.69) is 21.0 Å². The molecule has 6 heteroatoms. The molecule has 1 aliphatic heterocycles. The van der Waals surface area contributed by atoms with Gasteiger partial charge in [-0.15, -0.1) is 0 Å². The molecule has 0 aromatic carbocycles. The Morgan fingerprint density at radius 2 is 2.29 bits per heavy atom. The molecule has 112 valence electrons. The van der Waals surface area contributed by atoms with E-state index in [0.29, 0.717) is 16.0 Å². The lowest BCUT2D eigenvalue weighted by Crippen LogP contribution is -2.39. The molecule has 0 saturated carbocycles. The molecular weight excluding hydrogens is 334 g/mol. The molecule has 1 unspecified atom stereocenters. The van der Waals surface area contributed by atoms with Crippen molar-refractivity contribution in [1.29, 1.82) is 0 Å². The molecule has 0 N–H and O–H groups in total. The molecule has 1 amide bonds. The molecule has 2 aromatic heterocycles. The van der Waals surface area contributed by atoms with E-state index < -0.39 is 0 Å².